The van der Waals surface area contributed by atoms with Crippen molar-refractivity contribution in [2.75, 3.05) is 13.1 Å². The van der Waals surface area contributed by atoms with Gasteiger partial charge in [-0.3, -0.25) is 0 Å². The van der Waals surface area contributed by atoms with E-state index in [1.807, 2.05) is 0 Å². The van der Waals surface area contributed by atoms with Crippen LogP contribution in [-0.2, 0) is 10.0 Å². The molecule has 1 aliphatic rings. The Kier molecular flexibility index (Phi) is 5.48. The number of piperidine rings is 1. The van der Waals surface area contributed by atoms with E-state index in [1.165, 1.54) is 0 Å². The molecule has 0 spiro atoms. The van der Waals surface area contributed by atoms with Crippen LogP contribution in [0.2, 0.25) is 5.02 Å². The number of sulfonamides is 1. The summed E-state index contributed by atoms with van der Waals surface area (Å²) in [4.78, 5) is 0.276. The number of hydrogen-bond acceptors (Lipinski definition) is 3. The SMILES string of the molecule is NCCC1CCCCN1S(=O)(=O)c1ccc(Cl)c(Br)c1. The molecule has 2 rings (SSSR count). The summed E-state index contributed by atoms with van der Waals surface area (Å²) in [5.41, 5.74) is 5.60. The molecule has 2 N–H and O–H groups in total. The Morgan fingerprint density at radius 3 is 2.80 bits per heavy atom. The molecular weight excluding hydrogens is 364 g/mol. The first-order valence-corrected chi connectivity index (χ1v) is 9.25. The van der Waals surface area contributed by atoms with Gasteiger partial charge in [0.15, 0.2) is 0 Å². The van der Waals surface area contributed by atoms with E-state index in [0.29, 0.717) is 29.0 Å². The van der Waals surface area contributed by atoms with Gasteiger partial charge in [-0.2, -0.15) is 4.31 Å². The van der Waals surface area contributed by atoms with Crippen molar-refractivity contribution in [2.24, 2.45) is 5.73 Å². The summed E-state index contributed by atoms with van der Waals surface area (Å²) in [5.74, 6) is 0. The Hall–Kier alpha value is -0.140. The third-order valence-corrected chi connectivity index (χ3v) is 6.73. The Morgan fingerprint density at radius 1 is 1.40 bits per heavy atom. The highest BCUT2D eigenvalue weighted by Crippen LogP contribution is 2.30. The summed E-state index contributed by atoms with van der Waals surface area (Å²) >= 11 is 9.20. The zero-order valence-electron chi connectivity index (χ0n) is 11.1. The molecule has 1 saturated heterocycles. The minimum Gasteiger partial charge on any atom is -0.330 e. The van der Waals surface area contributed by atoms with Gasteiger partial charge in [-0.15, -0.1) is 0 Å². The molecule has 1 unspecified atom stereocenters. The highest BCUT2D eigenvalue weighted by atomic mass is 79.9. The minimum absolute atomic E-state index is 0.00760. The Morgan fingerprint density at radius 2 is 2.15 bits per heavy atom. The molecule has 4 nitrogen and oxygen atoms in total. The first-order chi connectivity index (χ1) is 9.46. The molecule has 1 heterocycles. The molecule has 0 bridgehead atoms. The van der Waals surface area contributed by atoms with Gasteiger partial charge in [0.05, 0.1) is 9.92 Å². The zero-order valence-corrected chi connectivity index (χ0v) is 14.2. The van der Waals surface area contributed by atoms with E-state index in [4.69, 9.17) is 17.3 Å². The maximum Gasteiger partial charge on any atom is 0.243 e. The highest BCUT2D eigenvalue weighted by Gasteiger charge is 2.33. The topological polar surface area (TPSA) is 63.4 Å². The van der Waals surface area contributed by atoms with Crippen LogP contribution < -0.4 is 5.73 Å². The number of nitrogens with zero attached hydrogens (tertiary/aromatic N) is 1. The maximum atomic E-state index is 12.8. The molecule has 112 valence electrons. The predicted octanol–water partition coefficient (Wildman–Crippen LogP) is 2.99. The molecule has 7 heteroatoms. The minimum atomic E-state index is -3.48. The van der Waals surface area contributed by atoms with Gasteiger partial charge in [0, 0.05) is 17.1 Å². The second kappa shape index (κ2) is 6.75. The lowest BCUT2D eigenvalue weighted by atomic mass is 10.0. The van der Waals surface area contributed by atoms with E-state index in [2.05, 4.69) is 15.9 Å². The van der Waals surface area contributed by atoms with Crippen molar-refractivity contribution in [2.45, 2.75) is 36.6 Å². The first kappa shape index (κ1) is 16.2. The zero-order chi connectivity index (χ0) is 14.8. The van der Waals surface area contributed by atoms with Crippen LogP contribution in [-0.4, -0.2) is 31.9 Å². The predicted molar refractivity (Wildman–Crippen MR) is 84.4 cm³/mol. The van der Waals surface area contributed by atoms with Crippen LogP contribution in [0, 0.1) is 0 Å². The van der Waals surface area contributed by atoms with E-state index in [1.54, 1.807) is 22.5 Å². The number of hydrogen-bond donors (Lipinski definition) is 1. The van der Waals surface area contributed by atoms with Crippen LogP contribution >= 0.6 is 27.5 Å². The molecule has 0 amide bonds. The van der Waals surface area contributed by atoms with Gasteiger partial charge in [-0.25, -0.2) is 8.42 Å². The summed E-state index contributed by atoms with van der Waals surface area (Å²) in [6.45, 7) is 1.06. The molecule has 1 aromatic rings. The summed E-state index contributed by atoms with van der Waals surface area (Å²) in [6.07, 6.45) is 3.54. The van der Waals surface area contributed by atoms with E-state index in [-0.39, 0.29) is 10.9 Å². The van der Waals surface area contributed by atoms with E-state index in [9.17, 15) is 8.42 Å². The Balaban J connectivity index is 2.34. The average molecular weight is 382 g/mol. The van der Waals surface area contributed by atoms with Crippen molar-refractivity contribution in [1.29, 1.82) is 0 Å². The molecule has 0 aliphatic carbocycles. The second-order valence-electron chi connectivity index (χ2n) is 4.92. The molecule has 1 atom stereocenters. The van der Waals surface area contributed by atoms with Crippen molar-refractivity contribution in [3.8, 4) is 0 Å². The van der Waals surface area contributed by atoms with Gasteiger partial charge in [0.2, 0.25) is 10.0 Å². The molecule has 1 fully saturated rings. The average Bonchev–Trinajstić information content (AvgIpc) is 2.42. The highest BCUT2D eigenvalue weighted by molar-refractivity contribution is 9.10. The van der Waals surface area contributed by atoms with E-state index >= 15 is 0 Å². The number of halogens is 2. The summed E-state index contributed by atoms with van der Waals surface area (Å²) < 4.78 is 27.7. The number of rotatable bonds is 4. The standard InChI is InChI=1S/C13H18BrClN2O2S/c14-12-9-11(4-5-13(12)15)20(18,19)17-8-2-1-3-10(17)6-7-16/h4-5,9-10H,1-3,6-8,16H2. The Bertz CT molecular complexity index is 578. The van der Waals surface area contributed by atoms with Crippen LogP contribution in [0.3, 0.4) is 0 Å². The van der Waals surface area contributed by atoms with Gasteiger partial charge in [-0.1, -0.05) is 18.0 Å². The maximum absolute atomic E-state index is 12.8. The smallest absolute Gasteiger partial charge is 0.243 e. The molecule has 0 aromatic heterocycles. The quantitative estimate of drug-likeness (QED) is 0.872. The van der Waals surface area contributed by atoms with Crippen LogP contribution in [0.25, 0.3) is 0 Å². The van der Waals surface area contributed by atoms with Gasteiger partial charge in [0.1, 0.15) is 0 Å². The van der Waals surface area contributed by atoms with Crippen molar-refractivity contribution in [1.82, 2.24) is 4.31 Å². The van der Waals surface area contributed by atoms with Crippen LogP contribution in [0.5, 0.6) is 0 Å². The van der Waals surface area contributed by atoms with Crippen molar-refractivity contribution in [3.05, 3.63) is 27.7 Å². The number of benzene rings is 1. The molecular formula is C13H18BrClN2O2S. The van der Waals surface area contributed by atoms with E-state index in [0.717, 1.165) is 19.3 Å². The molecule has 0 saturated carbocycles. The van der Waals surface area contributed by atoms with Gasteiger partial charge in [0.25, 0.3) is 0 Å². The van der Waals surface area contributed by atoms with E-state index < -0.39 is 10.0 Å². The number of nitrogens with two attached hydrogens (primary N) is 1. The fourth-order valence-corrected chi connectivity index (χ4v) is 4.94. The van der Waals surface area contributed by atoms with Crippen LogP contribution in [0.4, 0.5) is 0 Å². The summed E-state index contributed by atoms with van der Waals surface area (Å²) in [6, 6.07) is 4.72. The molecule has 1 aromatic carbocycles. The van der Waals surface area contributed by atoms with Crippen molar-refractivity contribution < 1.29 is 8.42 Å². The molecule has 20 heavy (non-hydrogen) atoms. The summed E-state index contributed by atoms with van der Waals surface area (Å²) in [7, 11) is -3.48. The van der Waals surface area contributed by atoms with Crippen LogP contribution in [0.15, 0.2) is 27.6 Å². The fraction of sp³-hybridized carbons (Fsp3) is 0.538. The second-order valence-corrected chi connectivity index (χ2v) is 8.07. The van der Waals surface area contributed by atoms with Gasteiger partial charge in [-0.05, 0) is 59.9 Å². The first-order valence-electron chi connectivity index (χ1n) is 6.64. The van der Waals surface area contributed by atoms with Gasteiger partial charge < -0.3 is 5.73 Å². The van der Waals surface area contributed by atoms with Crippen LogP contribution in [0.1, 0.15) is 25.7 Å². The lowest BCUT2D eigenvalue weighted by molar-refractivity contribution is 0.243. The Labute approximate surface area is 133 Å². The largest absolute Gasteiger partial charge is 0.330 e. The third-order valence-electron chi connectivity index (χ3n) is 3.57. The van der Waals surface area contributed by atoms with Gasteiger partial charge >= 0.3 is 0 Å². The van der Waals surface area contributed by atoms with Crippen molar-refractivity contribution in [3.63, 3.8) is 0 Å². The third kappa shape index (κ3) is 3.36. The normalized spacial score (nSPS) is 21.1. The molecule has 0 radical (unpaired) electrons. The fourth-order valence-electron chi connectivity index (χ4n) is 2.54. The molecule has 1 aliphatic heterocycles. The monoisotopic (exact) mass is 380 g/mol. The lowest BCUT2D eigenvalue weighted by Crippen LogP contribution is -2.44. The summed E-state index contributed by atoms with van der Waals surface area (Å²) in [5, 5.41) is 0.501. The lowest BCUT2D eigenvalue weighted by Gasteiger charge is -2.34. The van der Waals surface area contributed by atoms with Crippen molar-refractivity contribution >= 4 is 37.6 Å².